The molecular weight excluding hydrogens is 491 g/mol. The molecule has 204 valence electrons. The molecule has 4 aromatic rings. The number of nitrogens with one attached hydrogen (secondary N) is 2. The number of aromatic nitrogens is 1. The third-order valence-electron chi connectivity index (χ3n) is 7.51. The Morgan fingerprint density at radius 2 is 1.74 bits per heavy atom. The van der Waals surface area contributed by atoms with Crippen LogP contribution < -0.4 is 16.4 Å². The molecule has 5 N–H and O–H groups in total. The summed E-state index contributed by atoms with van der Waals surface area (Å²) in [5, 5.41) is 21.7. The lowest BCUT2D eigenvalue weighted by Gasteiger charge is -2.26. The van der Waals surface area contributed by atoms with Gasteiger partial charge in [0.25, 0.3) is 0 Å². The van der Waals surface area contributed by atoms with Crippen LogP contribution in [-0.2, 0) is 17.4 Å². The highest BCUT2D eigenvalue weighted by Crippen LogP contribution is 2.46. The Balaban J connectivity index is 1.13. The molecule has 1 saturated carbocycles. The summed E-state index contributed by atoms with van der Waals surface area (Å²) in [7, 11) is 0. The Labute approximate surface area is 229 Å². The average molecular weight is 529 g/mol. The van der Waals surface area contributed by atoms with E-state index < -0.39 is 6.10 Å². The van der Waals surface area contributed by atoms with E-state index in [1.807, 2.05) is 24.3 Å². The lowest BCUT2D eigenvalue weighted by molar-refractivity contribution is 0.136. The Morgan fingerprint density at radius 3 is 2.41 bits per heavy atom. The summed E-state index contributed by atoms with van der Waals surface area (Å²) in [6, 6.07) is 24.1. The SMILES string of the molecule is CC(C)(C)c1cccc(C2(NC[C@@H](O)[C@@H](N)Cc3ccc(Nc4cc(-c5ccc(F)cc5)on4)cc3)CC2)c1. The van der Waals surface area contributed by atoms with Gasteiger partial charge in [-0.2, -0.15) is 0 Å². The van der Waals surface area contributed by atoms with Gasteiger partial charge in [0.1, 0.15) is 5.82 Å². The quantitative estimate of drug-likeness (QED) is 0.201. The molecule has 0 spiro atoms. The van der Waals surface area contributed by atoms with Crippen molar-refractivity contribution in [3.63, 3.8) is 0 Å². The molecule has 0 radical (unpaired) electrons. The van der Waals surface area contributed by atoms with E-state index in [1.165, 1.54) is 23.3 Å². The Morgan fingerprint density at radius 1 is 1.03 bits per heavy atom. The number of anilines is 2. The Kier molecular flexibility index (Phi) is 7.58. The van der Waals surface area contributed by atoms with E-state index in [1.54, 1.807) is 18.2 Å². The minimum absolute atomic E-state index is 0.0625. The number of aliphatic hydroxyl groups is 1. The van der Waals surface area contributed by atoms with Crippen molar-refractivity contribution in [2.24, 2.45) is 5.73 Å². The van der Waals surface area contributed by atoms with E-state index in [0.29, 0.717) is 24.5 Å². The van der Waals surface area contributed by atoms with Gasteiger partial charge in [-0.3, -0.25) is 0 Å². The molecule has 0 amide bonds. The molecule has 6 nitrogen and oxygen atoms in total. The number of halogens is 1. The van der Waals surface area contributed by atoms with Crippen LogP contribution in [0.4, 0.5) is 15.9 Å². The van der Waals surface area contributed by atoms with Gasteiger partial charge in [-0.1, -0.05) is 62.3 Å². The van der Waals surface area contributed by atoms with E-state index >= 15 is 0 Å². The largest absolute Gasteiger partial charge is 0.390 e. The zero-order valence-corrected chi connectivity index (χ0v) is 22.7. The van der Waals surface area contributed by atoms with E-state index in [9.17, 15) is 9.50 Å². The van der Waals surface area contributed by atoms with Crippen molar-refractivity contribution in [1.29, 1.82) is 0 Å². The number of nitrogens with zero attached hydrogens (tertiary/aromatic N) is 1. The molecule has 0 aliphatic heterocycles. The predicted molar refractivity (Wildman–Crippen MR) is 153 cm³/mol. The van der Waals surface area contributed by atoms with Crippen LogP contribution >= 0.6 is 0 Å². The van der Waals surface area contributed by atoms with E-state index in [2.05, 4.69) is 60.8 Å². The monoisotopic (exact) mass is 528 g/mol. The number of hydrogen-bond acceptors (Lipinski definition) is 6. The average Bonchev–Trinajstić information content (AvgIpc) is 3.58. The fourth-order valence-corrected chi connectivity index (χ4v) is 4.79. The molecule has 0 saturated heterocycles. The summed E-state index contributed by atoms with van der Waals surface area (Å²) in [6.45, 7) is 7.13. The molecule has 0 bridgehead atoms. The third-order valence-corrected chi connectivity index (χ3v) is 7.51. The van der Waals surface area contributed by atoms with Crippen LogP contribution in [0.15, 0.2) is 83.4 Å². The summed E-state index contributed by atoms with van der Waals surface area (Å²) in [5.41, 5.74) is 11.7. The van der Waals surface area contributed by atoms with Gasteiger partial charge in [-0.15, -0.1) is 0 Å². The molecule has 39 heavy (non-hydrogen) atoms. The van der Waals surface area contributed by atoms with Gasteiger partial charge in [0, 0.05) is 35.4 Å². The lowest BCUT2D eigenvalue weighted by atomic mass is 9.85. The zero-order valence-electron chi connectivity index (χ0n) is 22.7. The van der Waals surface area contributed by atoms with Crippen molar-refractivity contribution >= 4 is 11.5 Å². The second-order valence-electron chi connectivity index (χ2n) is 11.6. The van der Waals surface area contributed by atoms with Crippen molar-refractivity contribution in [2.75, 3.05) is 11.9 Å². The van der Waals surface area contributed by atoms with Crippen molar-refractivity contribution in [1.82, 2.24) is 10.5 Å². The van der Waals surface area contributed by atoms with Gasteiger partial charge >= 0.3 is 0 Å². The van der Waals surface area contributed by atoms with Crippen LogP contribution in [0.3, 0.4) is 0 Å². The van der Waals surface area contributed by atoms with Gasteiger partial charge in [0.05, 0.1) is 6.10 Å². The molecular formula is C32H37FN4O2. The summed E-state index contributed by atoms with van der Waals surface area (Å²) < 4.78 is 18.5. The second-order valence-corrected chi connectivity index (χ2v) is 11.6. The van der Waals surface area contributed by atoms with Gasteiger partial charge in [0.2, 0.25) is 0 Å². The van der Waals surface area contributed by atoms with Crippen molar-refractivity contribution in [3.8, 4) is 11.3 Å². The highest BCUT2D eigenvalue weighted by molar-refractivity contribution is 5.64. The highest BCUT2D eigenvalue weighted by Gasteiger charge is 2.44. The van der Waals surface area contributed by atoms with Crippen LogP contribution in [0.25, 0.3) is 11.3 Å². The first-order valence-electron chi connectivity index (χ1n) is 13.5. The van der Waals surface area contributed by atoms with Crippen molar-refractivity contribution in [2.45, 2.75) is 63.1 Å². The van der Waals surface area contributed by atoms with Gasteiger partial charge < -0.3 is 26.0 Å². The van der Waals surface area contributed by atoms with E-state index in [4.69, 9.17) is 10.3 Å². The topological polar surface area (TPSA) is 96.3 Å². The molecule has 1 heterocycles. The molecule has 5 rings (SSSR count). The van der Waals surface area contributed by atoms with Crippen molar-refractivity contribution in [3.05, 3.63) is 101 Å². The predicted octanol–water partition coefficient (Wildman–Crippen LogP) is 6.03. The van der Waals surface area contributed by atoms with E-state index in [0.717, 1.165) is 29.7 Å². The van der Waals surface area contributed by atoms with Crippen LogP contribution in [0, 0.1) is 5.82 Å². The first kappa shape index (κ1) is 27.1. The molecule has 1 aromatic heterocycles. The van der Waals surface area contributed by atoms with Gasteiger partial charge in [-0.25, -0.2) is 4.39 Å². The minimum Gasteiger partial charge on any atom is -0.390 e. The number of aliphatic hydroxyl groups excluding tert-OH is 1. The second kappa shape index (κ2) is 10.9. The molecule has 3 aromatic carbocycles. The first-order chi connectivity index (χ1) is 18.6. The summed E-state index contributed by atoms with van der Waals surface area (Å²) >= 11 is 0. The third kappa shape index (κ3) is 6.56. The van der Waals surface area contributed by atoms with Crippen LogP contribution in [0.5, 0.6) is 0 Å². The lowest BCUT2D eigenvalue weighted by Crippen LogP contribution is -2.45. The highest BCUT2D eigenvalue weighted by atomic mass is 19.1. The Bertz CT molecular complexity index is 1390. The minimum atomic E-state index is -0.661. The number of hydrogen-bond donors (Lipinski definition) is 4. The number of rotatable bonds is 10. The summed E-state index contributed by atoms with van der Waals surface area (Å²) in [4.78, 5) is 0. The fraction of sp³-hybridized carbons (Fsp3) is 0.344. The number of nitrogens with two attached hydrogens (primary N) is 1. The zero-order chi connectivity index (χ0) is 27.6. The molecule has 7 heteroatoms. The summed E-state index contributed by atoms with van der Waals surface area (Å²) in [5.74, 6) is 0.814. The van der Waals surface area contributed by atoms with Crippen LogP contribution in [0.1, 0.15) is 50.3 Å². The van der Waals surface area contributed by atoms with Gasteiger partial charge in [0.15, 0.2) is 11.6 Å². The maximum atomic E-state index is 13.2. The normalized spacial score (nSPS) is 16.1. The van der Waals surface area contributed by atoms with Gasteiger partial charge in [-0.05, 0) is 77.8 Å². The van der Waals surface area contributed by atoms with Crippen molar-refractivity contribution < 1.29 is 14.0 Å². The molecule has 1 aliphatic rings. The maximum Gasteiger partial charge on any atom is 0.174 e. The maximum absolute atomic E-state index is 13.2. The van der Waals surface area contributed by atoms with E-state index in [-0.39, 0.29) is 22.8 Å². The Hall–Kier alpha value is -3.52. The van der Waals surface area contributed by atoms with Crippen LogP contribution in [0.2, 0.25) is 0 Å². The molecule has 0 unspecified atom stereocenters. The number of benzene rings is 3. The smallest absolute Gasteiger partial charge is 0.174 e. The molecule has 2 atom stereocenters. The first-order valence-corrected chi connectivity index (χ1v) is 13.5. The summed E-state index contributed by atoms with van der Waals surface area (Å²) in [6.07, 6.45) is 2.03. The fourth-order valence-electron chi connectivity index (χ4n) is 4.79. The van der Waals surface area contributed by atoms with Crippen LogP contribution in [-0.4, -0.2) is 29.0 Å². The standard InChI is InChI=1S/C32H37FN4O2/c1-31(2,3)23-5-4-6-24(18-23)32(15-16-32)35-20-28(38)27(34)17-21-7-13-26(14-8-21)36-30-19-29(39-37-30)22-9-11-25(33)12-10-22/h4-14,18-19,27-28,35,38H,15-17,20,34H2,1-3H3,(H,36,37)/t27-,28+/m0/s1. The molecule has 1 fully saturated rings. The molecule has 1 aliphatic carbocycles.